The lowest BCUT2D eigenvalue weighted by molar-refractivity contribution is -0.134. The van der Waals surface area contributed by atoms with Gasteiger partial charge < -0.3 is 18.9 Å². The monoisotopic (exact) mass is 444 g/mol. The predicted octanol–water partition coefficient (Wildman–Crippen LogP) is 4.11. The zero-order valence-electron chi connectivity index (χ0n) is 19.5. The molecule has 3 aliphatic rings. The van der Waals surface area contributed by atoms with E-state index in [9.17, 15) is 9.59 Å². The van der Waals surface area contributed by atoms with Crippen LogP contribution in [0.5, 0.6) is 0 Å². The smallest absolute Gasteiger partial charge is 0.250 e. The van der Waals surface area contributed by atoms with Crippen molar-refractivity contribution in [2.45, 2.75) is 89.2 Å². The summed E-state index contributed by atoms with van der Waals surface area (Å²) in [7, 11) is 0. The molecule has 3 aliphatic heterocycles. The summed E-state index contributed by atoms with van der Waals surface area (Å²) in [5.41, 5.74) is 1.22. The number of carbonyl (C=O) groups excluding carboxylic acids is 1. The first kappa shape index (κ1) is 23.5. The van der Waals surface area contributed by atoms with Crippen molar-refractivity contribution in [1.82, 2.24) is 9.47 Å². The molecule has 2 saturated heterocycles. The summed E-state index contributed by atoms with van der Waals surface area (Å²) < 4.78 is 13.1. The quantitative estimate of drug-likeness (QED) is 0.482. The van der Waals surface area contributed by atoms with Gasteiger partial charge in [-0.2, -0.15) is 0 Å². The Hall–Kier alpha value is -1.66. The van der Waals surface area contributed by atoms with E-state index in [0.29, 0.717) is 30.3 Å². The molecule has 1 aromatic rings. The minimum Gasteiger partial charge on any atom is -0.376 e. The van der Waals surface area contributed by atoms with Crippen LogP contribution in [0.25, 0.3) is 0 Å². The van der Waals surface area contributed by atoms with Crippen LogP contribution in [0.4, 0.5) is 0 Å². The molecule has 178 valence electrons. The van der Waals surface area contributed by atoms with Gasteiger partial charge in [-0.3, -0.25) is 9.59 Å². The number of rotatable bonds is 11. The van der Waals surface area contributed by atoms with Crippen molar-refractivity contribution in [2.24, 2.45) is 5.92 Å². The van der Waals surface area contributed by atoms with Gasteiger partial charge in [-0.1, -0.05) is 51.0 Å². The number of nitrogens with zero attached hydrogens (tertiary/aromatic N) is 2. The lowest BCUT2D eigenvalue weighted by atomic mass is 9.83. The maximum Gasteiger partial charge on any atom is 0.250 e. The highest BCUT2D eigenvalue weighted by Gasteiger charge is 2.35. The van der Waals surface area contributed by atoms with E-state index in [0.717, 1.165) is 70.8 Å². The SMILES string of the molecule is O=C(CCCCCCCCCC[C@H]1COCCO1)N1C[C@@H]2C[C@H](C1)c1cccc(=O)n1C2. The molecule has 0 saturated carbocycles. The fourth-order valence-corrected chi connectivity index (χ4v) is 5.67. The van der Waals surface area contributed by atoms with Crippen molar-refractivity contribution < 1.29 is 14.3 Å². The number of pyridine rings is 1. The van der Waals surface area contributed by atoms with Crippen LogP contribution >= 0.6 is 0 Å². The molecule has 0 unspecified atom stereocenters. The Balaban J connectivity index is 1.05. The molecule has 0 spiro atoms. The van der Waals surface area contributed by atoms with Gasteiger partial charge in [-0.05, 0) is 31.2 Å². The maximum atomic E-state index is 12.8. The van der Waals surface area contributed by atoms with Gasteiger partial charge in [-0.25, -0.2) is 0 Å². The number of unbranched alkanes of at least 4 members (excludes halogenated alkanes) is 7. The van der Waals surface area contributed by atoms with E-state index in [4.69, 9.17) is 9.47 Å². The fourth-order valence-electron chi connectivity index (χ4n) is 5.67. The molecular weight excluding hydrogens is 404 g/mol. The molecule has 1 aromatic heterocycles. The van der Waals surface area contributed by atoms with E-state index in [1.165, 1.54) is 38.5 Å². The number of amides is 1. The highest BCUT2D eigenvalue weighted by molar-refractivity contribution is 5.76. The summed E-state index contributed by atoms with van der Waals surface area (Å²) >= 11 is 0. The topological polar surface area (TPSA) is 60.8 Å². The van der Waals surface area contributed by atoms with Crippen LogP contribution in [0.3, 0.4) is 0 Å². The van der Waals surface area contributed by atoms with E-state index in [2.05, 4.69) is 11.0 Å². The predicted molar refractivity (Wildman–Crippen MR) is 125 cm³/mol. The molecule has 6 nitrogen and oxygen atoms in total. The zero-order chi connectivity index (χ0) is 22.2. The summed E-state index contributed by atoms with van der Waals surface area (Å²) in [5, 5.41) is 0. The van der Waals surface area contributed by atoms with Gasteiger partial charge in [0.2, 0.25) is 5.91 Å². The number of hydrogen-bond acceptors (Lipinski definition) is 4. The maximum absolute atomic E-state index is 12.8. The van der Waals surface area contributed by atoms with Crippen LogP contribution in [-0.2, 0) is 20.8 Å². The average Bonchev–Trinajstić information content (AvgIpc) is 2.81. The summed E-state index contributed by atoms with van der Waals surface area (Å²) in [6.07, 6.45) is 13.0. The third-order valence-electron chi connectivity index (χ3n) is 7.38. The number of piperidine rings is 1. The molecule has 0 radical (unpaired) electrons. The van der Waals surface area contributed by atoms with Gasteiger partial charge in [0.1, 0.15) is 0 Å². The van der Waals surface area contributed by atoms with Crippen LogP contribution < -0.4 is 5.56 Å². The van der Waals surface area contributed by atoms with Crippen LogP contribution in [0.2, 0.25) is 0 Å². The molecule has 0 aliphatic carbocycles. The minimum absolute atomic E-state index is 0.102. The summed E-state index contributed by atoms with van der Waals surface area (Å²) in [5.74, 6) is 1.04. The van der Waals surface area contributed by atoms with Crippen molar-refractivity contribution in [1.29, 1.82) is 0 Å². The first-order chi connectivity index (χ1) is 15.7. The second kappa shape index (κ2) is 12.0. The van der Waals surface area contributed by atoms with Gasteiger partial charge in [0, 0.05) is 43.7 Å². The van der Waals surface area contributed by atoms with Gasteiger partial charge >= 0.3 is 0 Å². The fraction of sp³-hybridized carbons (Fsp3) is 0.769. The summed E-state index contributed by atoms with van der Waals surface area (Å²) in [6.45, 7) is 4.62. The van der Waals surface area contributed by atoms with Crippen molar-refractivity contribution in [3.05, 3.63) is 34.2 Å². The Kier molecular flexibility index (Phi) is 8.80. The van der Waals surface area contributed by atoms with Crippen LogP contribution in [0, 0.1) is 5.92 Å². The zero-order valence-corrected chi connectivity index (χ0v) is 19.5. The second-order valence-electron chi connectivity index (χ2n) is 9.93. The Bertz CT molecular complexity index is 786. The largest absolute Gasteiger partial charge is 0.376 e. The van der Waals surface area contributed by atoms with E-state index >= 15 is 0 Å². The lowest BCUT2D eigenvalue weighted by Crippen LogP contribution is -2.49. The van der Waals surface area contributed by atoms with Gasteiger partial charge in [0.15, 0.2) is 0 Å². The van der Waals surface area contributed by atoms with Crippen molar-refractivity contribution in [3.8, 4) is 0 Å². The number of ether oxygens (including phenoxy) is 2. The third-order valence-corrected chi connectivity index (χ3v) is 7.38. The summed E-state index contributed by atoms with van der Waals surface area (Å²) in [4.78, 5) is 27.0. The molecule has 3 atom stereocenters. The van der Waals surface area contributed by atoms with Crippen LogP contribution in [0.15, 0.2) is 23.0 Å². The molecule has 4 heterocycles. The molecule has 2 fully saturated rings. The van der Waals surface area contributed by atoms with Crippen LogP contribution in [-0.4, -0.2) is 54.4 Å². The molecule has 0 aromatic carbocycles. The van der Waals surface area contributed by atoms with Gasteiger partial charge in [0.25, 0.3) is 5.56 Å². The highest BCUT2D eigenvalue weighted by atomic mass is 16.6. The highest BCUT2D eigenvalue weighted by Crippen LogP contribution is 2.35. The number of aromatic nitrogens is 1. The Labute approximate surface area is 192 Å². The number of fused-ring (bicyclic) bond motifs is 4. The first-order valence-corrected chi connectivity index (χ1v) is 12.9. The molecule has 32 heavy (non-hydrogen) atoms. The minimum atomic E-state index is 0.102. The lowest BCUT2D eigenvalue weighted by Gasteiger charge is -2.42. The van der Waals surface area contributed by atoms with Gasteiger partial charge in [0.05, 0.1) is 25.9 Å². The second-order valence-corrected chi connectivity index (χ2v) is 9.93. The van der Waals surface area contributed by atoms with E-state index in [1.807, 2.05) is 10.6 Å². The number of likely N-dealkylation sites (tertiary alicyclic amines) is 1. The molecule has 2 bridgehead atoms. The Morgan fingerprint density at radius 3 is 2.50 bits per heavy atom. The third kappa shape index (κ3) is 6.44. The van der Waals surface area contributed by atoms with E-state index in [-0.39, 0.29) is 5.56 Å². The van der Waals surface area contributed by atoms with Crippen molar-refractivity contribution >= 4 is 5.91 Å². The van der Waals surface area contributed by atoms with Crippen LogP contribution in [0.1, 0.15) is 82.2 Å². The Morgan fingerprint density at radius 2 is 1.72 bits per heavy atom. The molecule has 6 heteroatoms. The van der Waals surface area contributed by atoms with Crippen molar-refractivity contribution in [2.75, 3.05) is 32.9 Å². The molecule has 1 amide bonds. The molecule has 0 N–H and O–H groups in total. The van der Waals surface area contributed by atoms with Crippen molar-refractivity contribution in [3.63, 3.8) is 0 Å². The Morgan fingerprint density at radius 1 is 0.938 bits per heavy atom. The van der Waals surface area contributed by atoms with E-state index < -0.39 is 0 Å². The first-order valence-electron chi connectivity index (χ1n) is 12.9. The summed E-state index contributed by atoms with van der Waals surface area (Å²) in [6, 6.07) is 5.57. The molecule has 4 rings (SSSR count). The average molecular weight is 445 g/mol. The van der Waals surface area contributed by atoms with E-state index in [1.54, 1.807) is 6.07 Å². The standard InChI is InChI=1S/C26H40N2O4/c29-25(12-8-6-4-2-1-3-5-7-10-23-20-31-14-15-32-23)27-17-21-16-22(19-27)24-11-9-13-26(30)28(24)18-21/h9,11,13,21-23H,1-8,10,12,14-20H2/t21-,22+,23-/m0/s1. The molecular formula is C26H40N2O4. The number of hydrogen-bond donors (Lipinski definition) is 0. The number of carbonyl (C=O) groups is 1. The van der Waals surface area contributed by atoms with Gasteiger partial charge in [-0.15, -0.1) is 0 Å². The normalized spacial score (nSPS) is 24.9.